The Balaban J connectivity index is 1.60. The fraction of sp³-hybridized carbons (Fsp3) is 0.321. The fourth-order valence-corrected chi connectivity index (χ4v) is 5.20. The molecule has 1 heterocycles. The molecule has 6 nitrogen and oxygen atoms in total. The van der Waals surface area contributed by atoms with E-state index in [0.29, 0.717) is 11.3 Å². The van der Waals surface area contributed by atoms with E-state index in [1.807, 2.05) is 0 Å². The average molecular weight is 604 g/mol. The summed E-state index contributed by atoms with van der Waals surface area (Å²) in [7, 11) is 1.45. The van der Waals surface area contributed by atoms with Crippen LogP contribution in [0, 0.1) is 5.92 Å². The van der Waals surface area contributed by atoms with Gasteiger partial charge in [0.25, 0.3) is 5.91 Å². The molecule has 0 saturated carbocycles. The van der Waals surface area contributed by atoms with E-state index < -0.39 is 35.7 Å². The number of aliphatic hydroxyl groups is 1. The second-order valence-electron chi connectivity index (χ2n) is 9.33. The van der Waals surface area contributed by atoms with E-state index in [-0.39, 0.29) is 48.0 Å². The van der Waals surface area contributed by atoms with Crippen LogP contribution in [0.25, 0.3) is 0 Å². The van der Waals surface area contributed by atoms with Crippen molar-refractivity contribution in [3.63, 3.8) is 0 Å². The monoisotopic (exact) mass is 603 g/mol. The molecule has 0 atom stereocenters. The average Bonchev–Trinajstić information content (AvgIpc) is 2.91. The van der Waals surface area contributed by atoms with Crippen LogP contribution >= 0.6 is 11.6 Å². The van der Waals surface area contributed by atoms with E-state index in [1.54, 1.807) is 17.0 Å². The van der Waals surface area contributed by atoms with Crippen LogP contribution in [0.2, 0.25) is 5.02 Å². The quantitative estimate of drug-likeness (QED) is 0.297. The van der Waals surface area contributed by atoms with Gasteiger partial charge in [-0.1, -0.05) is 35.9 Å². The maximum atomic E-state index is 13.1. The summed E-state index contributed by atoms with van der Waals surface area (Å²) in [5, 5.41) is 12.4. The second kappa shape index (κ2) is 11.7. The lowest BCUT2D eigenvalue weighted by Crippen LogP contribution is -2.46. The van der Waals surface area contributed by atoms with Gasteiger partial charge in [0.15, 0.2) is 0 Å². The lowest BCUT2D eigenvalue weighted by atomic mass is 9.72. The second-order valence-corrected chi connectivity index (χ2v) is 9.73. The van der Waals surface area contributed by atoms with Crippen molar-refractivity contribution in [3.8, 4) is 17.2 Å². The Morgan fingerprint density at radius 1 is 0.829 bits per heavy atom. The molecule has 0 aliphatic carbocycles. The third-order valence-corrected chi connectivity index (χ3v) is 7.12. The summed E-state index contributed by atoms with van der Waals surface area (Å²) in [6.45, 7) is 0.444. The molecule has 13 heteroatoms. The summed E-state index contributed by atoms with van der Waals surface area (Å²) in [5.74, 6) is -1.45. The summed E-state index contributed by atoms with van der Waals surface area (Å²) in [6, 6.07) is 13.8. The van der Waals surface area contributed by atoms with Crippen LogP contribution in [0.1, 0.15) is 34.3 Å². The van der Waals surface area contributed by atoms with E-state index in [2.05, 4.69) is 9.47 Å². The SMILES string of the molecule is COc1ccc(C(=O)N2CCC(C(O)(c3ccc(OC(F)(F)F)cc3)c3ccc(OC(F)(F)F)cc3)CC2)cc1Cl. The summed E-state index contributed by atoms with van der Waals surface area (Å²) in [5.41, 5.74) is -1.09. The van der Waals surface area contributed by atoms with E-state index in [9.17, 15) is 36.2 Å². The first-order valence-corrected chi connectivity index (χ1v) is 12.6. The minimum Gasteiger partial charge on any atom is -0.495 e. The van der Waals surface area contributed by atoms with Gasteiger partial charge in [0.1, 0.15) is 22.8 Å². The maximum Gasteiger partial charge on any atom is 0.573 e. The molecule has 0 unspecified atom stereocenters. The van der Waals surface area contributed by atoms with Crippen molar-refractivity contribution in [2.24, 2.45) is 5.92 Å². The molecule has 3 aromatic carbocycles. The predicted molar refractivity (Wildman–Crippen MR) is 136 cm³/mol. The Hall–Kier alpha value is -3.64. The zero-order valence-corrected chi connectivity index (χ0v) is 22.2. The predicted octanol–water partition coefficient (Wildman–Crippen LogP) is 6.93. The van der Waals surface area contributed by atoms with Crippen molar-refractivity contribution in [2.75, 3.05) is 20.2 Å². The number of likely N-dealkylation sites (tertiary alicyclic amines) is 1. The molecule has 220 valence electrons. The number of methoxy groups -OCH3 is 1. The highest BCUT2D eigenvalue weighted by molar-refractivity contribution is 6.32. The van der Waals surface area contributed by atoms with Crippen molar-refractivity contribution in [2.45, 2.75) is 31.2 Å². The first kappa shape index (κ1) is 30.3. The van der Waals surface area contributed by atoms with Gasteiger partial charge in [-0.05, 0) is 72.4 Å². The largest absolute Gasteiger partial charge is 0.573 e. The summed E-state index contributed by atoms with van der Waals surface area (Å²) in [6.07, 6.45) is -9.29. The van der Waals surface area contributed by atoms with Crippen LogP contribution in [0.3, 0.4) is 0 Å². The van der Waals surface area contributed by atoms with Gasteiger partial charge in [0.2, 0.25) is 0 Å². The normalized spacial score (nSPS) is 15.0. The minimum absolute atomic E-state index is 0.197. The van der Waals surface area contributed by atoms with Gasteiger partial charge in [-0.15, -0.1) is 26.3 Å². The molecule has 0 aromatic heterocycles. The fourth-order valence-electron chi connectivity index (χ4n) is 4.94. The van der Waals surface area contributed by atoms with Crippen LogP contribution in [0.4, 0.5) is 26.3 Å². The van der Waals surface area contributed by atoms with Crippen molar-refractivity contribution >= 4 is 17.5 Å². The highest BCUT2D eigenvalue weighted by Gasteiger charge is 2.43. The zero-order chi connectivity index (χ0) is 30.0. The Morgan fingerprint density at radius 3 is 1.68 bits per heavy atom. The molecule has 1 amide bonds. The van der Waals surface area contributed by atoms with E-state index in [1.165, 1.54) is 37.4 Å². The summed E-state index contributed by atoms with van der Waals surface area (Å²) in [4.78, 5) is 14.7. The molecule has 1 aliphatic rings. The van der Waals surface area contributed by atoms with Crippen LogP contribution in [0.15, 0.2) is 66.7 Å². The van der Waals surface area contributed by atoms with Crippen molar-refractivity contribution < 1.29 is 50.5 Å². The number of alkyl halides is 6. The topological polar surface area (TPSA) is 68.2 Å². The number of nitrogens with zero attached hydrogens (tertiary/aromatic N) is 1. The van der Waals surface area contributed by atoms with Crippen LogP contribution in [-0.4, -0.2) is 48.8 Å². The maximum absolute atomic E-state index is 13.1. The number of carbonyl (C=O) groups is 1. The number of hydrogen-bond donors (Lipinski definition) is 1. The van der Waals surface area contributed by atoms with Crippen molar-refractivity contribution in [1.82, 2.24) is 4.90 Å². The molecule has 1 saturated heterocycles. The molecule has 3 aromatic rings. The lowest BCUT2D eigenvalue weighted by Gasteiger charge is -2.42. The number of rotatable bonds is 7. The van der Waals surface area contributed by atoms with E-state index in [4.69, 9.17) is 16.3 Å². The van der Waals surface area contributed by atoms with E-state index in [0.717, 1.165) is 24.3 Å². The van der Waals surface area contributed by atoms with Crippen molar-refractivity contribution in [3.05, 3.63) is 88.4 Å². The van der Waals surface area contributed by atoms with Gasteiger partial charge in [-0.3, -0.25) is 4.79 Å². The minimum atomic E-state index is -4.92. The number of halogens is 7. The van der Waals surface area contributed by atoms with Gasteiger partial charge in [-0.25, -0.2) is 0 Å². The standard InChI is InChI=1S/C28H24ClF6NO5/c1-39-24-11-2-17(16-23(24)29)25(37)36-14-12-20(13-15-36)26(38,18-3-7-21(8-4-18)40-27(30,31)32)19-5-9-22(10-6-19)41-28(33,34)35/h2-11,16,20,38H,12-15H2,1H3. The van der Waals surface area contributed by atoms with Gasteiger partial charge in [0.05, 0.1) is 12.1 Å². The number of benzene rings is 3. The Bertz CT molecular complexity index is 1290. The number of hydrogen-bond acceptors (Lipinski definition) is 5. The van der Waals surface area contributed by atoms with Crippen LogP contribution < -0.4 is 14.2 Å². The zero-order valence-electron chi connectivity index (χ0n) is 21.4. The van der Waals surface area contributed by atoms with Gasteiger partial charge < -0.3 is 24.2 Å². The van der Waals surface area contributed by atoms with Gasteiger partial charge >= 0.3 is 12.7 Å². The third kappa shape index (κ3) is 7.17. The smallest absolute Gasteiger partial charge is 0.495 e. The molecular weight excluding hydrogens is 580 g/mol. The first-order chi connectivity index (χ1) is 19.2. The van der Waals surface area contributed by atoms with Crippen LogP contribution in [0.5, 0.6) is 17.2 Å². The number of carbonyl (C=O) groups excluding carboxylic acids is 1. The molecule has 1 fully saturated rings. The molecule has 0 radical (unpaired) electrons. The Kier molecular flexibility index (Phi) is 8.65. The molecule has 1 N–H and O–H groups in total. The highest BCUT2D eigenvalue weighted by Crippen LogP contribution is 2.43. The van der Waals surface area contributed by atoms with Gasteiger partial charge in [-0.2, -0.15) is 0 Å². The number of piperidine rings is 1. The summed E-state index contributed by atoms with van der Waals surface area (Å²) >= 11 is 6.15. The molecule has 1 aliphatic heterocycles. The molecule has 0 spiro atoms. The highest BCUT2D eigenvalue weighted by atomic mass is 35.5. The molecule has 41 heavy (non-hydrogen) atoms. The Labute approximate surface area is 236 Å². The van der Waals surface area contributed by atoms with Crippen LogP contribution in [-0.2, 0) is 5.60 Å². The molecular formula is C28H24ClF6NO5. The van der Waals surface area contributed by atoms with Gasteiger partial charge in [0, 0.05) is 18.7 Å². The van der Waals surface area contributed by atoms with Crippen molar-refractivity contribution in [1.29, 1.82) is 0 Å². The third-order valence-electron chi connectivity index (χ3n) is 6.83. The summed E-state index contributed by atoms with van der Waals surface area (Å²) < 4.78 is 88.9. The molecule has 4 rings (SSSR count). The number of ether oxygens (including phenoxy) is 3. The van der Waals surface area contributed by atoms with E-state index >= 15 is 0 Å². The lowest BCUT2D eigenvalue weighted by molar-refractivity contribution is -0.275. The molecule has 0 bridgehead atoms. The number of amides is 1. The first-order valence-electron chi connectivity index (χ1n) is 12.3. The Morgan fingerprint density at radius 2 is 1.29 bits per heavy atom.